The number of nitrogens with zero attached hydrogens (tertiary/aromatic N) is 1. The fourth-order valence-corrected chi connectivity index (χ4v) is 2.06. The van der Waals surface area contributed by atoms with E-state index in [4.69, 9.17) is 0 Å². The molecule has 1 heterocycles. The zero-order valence-electron chi connectivity index (χ0n) is 9.79. The Labute approximate surface area is 95.6 Å². The molecule has 0 saturated heterocycles. The molecule has 0 aliphatic rings. The van der Waals surface area contributed by atoms with Gasteiger partial charge in [0.15, 0.2) is 5.96 Å². The lowest BCUT2D eigenvalue weighted by molar-refractivity contribution is 0.700. The summed E-state index contributed by atoms with van der Waals surface area (Å²) in [6.07, 6.45) is 0. The van der Waals surface area contributed by atoms with Crippen LogP contribution in [0, 0.1) is 6.92 Å². The average Bonchev–Trinajstić information content (AvgIpc) is 2.58. The van der Waals surface area contributed by atoms with Crippen LogP contribution >= 0.6 is 11.3 Å². The van der Waals surface area contributed by atoms with E-state index in [1.807, 2.05) is 0 Å². The summed E-state index contributed by atoms with van der Waals surface area (Å²) in [7, 11) is 1.79. The summed E-state index contributed by atoms with van der Waals surface area (Å²) in [5.41, 5.74) is 1.34. The number of rotatable bonds is 3. The molecule has 15 heavy (non-hydrogen) atoms. The van der Waals surface area contributed by atoms with Crippen molar-refractivity contribution in [2.24, 2.45) is 4.99 Å². The second-order valence-corrected chi connectivity index (χ2v) is 4.75. The van der Waals surface area contributed by atoms with E-state index in [0.717, 1.165) is 12.5 Å². The quantitative estimate of drug-likeness (QED) is 0.611. The molecule has 0 aromatic carbocycles. The van der Waals surface area contributed by atoms with Gasteiger partial charge in [0, 0.05) is 18.0 Å². The molecule has 0 bridgehead atoms. The molecule has 4 heteroatoms. The molecule has 0 amide bonds. The number of aliphatic imine (C=N–C) groups is 1. The van der Waals surface area contributed by atoms with Crippen molar-refractivity contribution in [3.05, 3.63) is 21.9 Å². The Morgan fingerprint density at radius 2 is 2.27 bits per heavy atom. The summed E-state index contributed by atoms with van der Waals surface area (Å²) in [6, 6.07) is 2.54. The Hall–Kier alpha value is -1.03. The SMILES string of the molecule is CN=C(NCc1sccc1C)NC(C)C. The predicted molar refractivity (Wildman–Crippen MR) is 67.5 cm³/mol. The second-order valence-electron chi connectivity index (χ2n) is 3.75. The lowest BCUT2D eigenvalue weighted by Crippen LogP contribution is -2.40. The summed E-state index contributed by atoms with van der Waals surface area (Å²) in [6.45, 7) is 7.18. The average molecular weight is 225 g/mol. The minimum Gasteiger partial charge on any atom is -0.354 e. The second kappa shape index (κ2) is 5.75. The fourth-order valence-electron chi connectivity index (χ4n) is 1.22. The van der Waals surface area contributed by atoms with E-state index in [2.05, 4.69) is 47.8 Å². The van der Waals surface area contributed by atoms with Gasteiger partial charge in [-0.25, -0.2) is 0 Å². The first-order chi connectivity index (χ1) is 7.13. The van der Waals surface area contributed by atoms with E-state index < -0.39 is 0 Å². The largest absolute Gasteiger partial charge is 0.354 e. The molecule has 2 N–H and O–H groups in total. The van der Waals surface area contributed by atoms with E-state index in [1.54, 1.807) is 18.4 Å². The molecule has 0 saturated carbocycles. The van der Waals surface area contributed by atoms with Crippen LogP contribution < -0.4 is 10.6 Å². The Kier molecular flexibility index (Phi) is 4.62. The smallest absolute Gasteiger partial charge is 0.191 e. The monoisotopic (exact) mass is 225 g/mol. The highest BCUT2D eigenvalue weighted by molar-refractivity contribution is 7.10. The summed E-state index contributed by atoms with van der Waals surface area (Å²) < 4.78 is 0. The molecular weight excluding hydrogens is 206 g/mol. The Balaban J connectivity index is 2.45. The molecule has 0 unspecified atom stereocenters. The van der Waals surface area contributed by atoms with Gasteiger partial charge in [0.05, 0.1) is 6.54 Å². The summed E-state index contributed by atoms with van der Waals surface area (Å²) in [5, 5.41) is 8.66. The third-order valence-electron chi connectivity index (χ3n) is 2.03. The lowest BCUT2D eigenvalue weighted by Gasteiger charge is -2.14. The highest BCUT2D eigenvalue weighted by atomic mass is 32.1. The highest BCUT2D eigenvalue weighted by Crippen LogP contribution is 2.14. The van der Waals surface area contributed by atoms with Crippen LogP contribution in [-0.4, -0.2) is 19.0 Å². The fraction of sp³-hybridized carbons (Fsp3) is 0.545. The first-order valence-corrected chi connectivity index (χ1v) is 6.01. The molecule has 0 atom stereocenters. The molecule has 0 radical (unpaired) electrons. The Morgan fingerprint density at radius 3 is 2.73 bits per heavy atom. The lowest BCUT2D eigenvalue weighted by atomic mass is 10.3. The third kappa shape index (κ3) is 3.91. The van der Waals surface area contributed by atoms with Crippen LogP contribution in [0.3, 0.4) is 0 Å². The summed E-state index contributed by atoms with van der Waals surface area (Å²) in [4.78, 5) is 5.52. The van der Waals surface area contributed by atoms with Crippen LogP contribution in [0.1, 0.15) is 24.3 Å². The van der Waals surface area contributed by atoms with Crippen LogP contribution in [0.5, 0.6) is 0 Å². The number of nitrogens with one attached hydrogen (secondary N) is 2. The number of hydrogen-bond donors (Lipinski definition) is 2. The summed E-state index contributed by atoms with van der Waals surface area (Å²) >= 11 is 1.78. The van der Waals surface area contributed by atoms with Crippen molar-refractivity contribution in [1.29, 1.82) is 0 Å². The molecule has 1 rings (SSSR count). The van der Waals surface area contributed by atoms with Crippen LogP contribution in [0.4, 0.5) is 0 Å². The van der Waals surface area contributed by atoms with Gasteiger partial charge >= 0.3 is 0 Å². The molecule has 0 fully saturated rings. The van der Waals surface area contributed by atoms with E-state index in [0.29, 0.717) is 6.04 Å². The molecule has 0 spiro atoms. The Bertz CT molecular complexity index is 328. The molecule has 0 aliphatic heterocycles. The molecule has 3 nitrogen and oxygen atoms in total. The predicted octanol–water partition coefficient (Wildman–Crippen LogP) is 2.13. The minimum atomic E-state index is 0.403. The van der Waals surface area contributed by atoms with Crippen LogP contribution in [0.25, 0.3) is 0 Å². The third-order valence-corrected chi connectivity index (χ3v) is 3.06. The van der Waals surface area contributed by atoms with E-state index in [1.165, 1.54) is 10.4 Å². The van der Waals surface area contributed by atoms with E-state index in [-0.39, 0.29) is 0 Å². The van der Waals surface area contributed by atoms with Gasteiger partial charge in [-0.2, -0.15) is 0 Å². The number of hydrogen-bond acceptors (Lipinski definition) is 2. The minimum absolute atomic E-state index is 0.403. The van der Waals surface area contributed by atoms with Gasteiger partial charge in [-0.1, -0.05) is 0 Å². The van der Waals surface area contributed by atoms with Crippen molar-refractivity contribution >= 4 is 17.3 Å². The van der Waals surface area contributed by atoms with Crippen LogP contribution in [0.2, 0.25) is 0 Å². The molecule has 1 aromatic rings. The number of aryl methyl sites for hydroxylation is 1. The normalized spacial score (nSPS) is 11.9. The van der Waals surface area contributed by atoms with Gasteiger partial charge in [-0.3, -0.25) is 4.99 Å². The van der Waals surface area contributed by atoms with Crippen molar-refractivity contribution in [3.8, 4) is 0 Å². The Morgan fingerprint density at radius 1 is 1.53 bits per heavy atom. The van der Waals surface area contributed by atoms with Crippen molar-refractivity contribution in [1.82, 2.24) is 10.6 Å². The topological polar surface area (TPSA) is 36.4 Å². The van der Waals surface area contributed by atoms with Gasteiger partial charge in [0.1, 0.15) is 0 Å². The van der Waals surface area contributed by atoms with Gasteiger partial charge in [-0.05, 0) is 37.8 Å². The van der Waals surface area contributed by atoms with E-state index in [9.17, 15) is 0 Å². The molecular formula is C11H19N3S. The zero-order chi connectivity index (χ0) is 11.3. The first kappa shape index (κ1) is 12.0. The number of guanidine groups is 1. The zero-order valence-corrected chi connectivity index (χ0v) is 10.6. The first-order valence-electron chi connectivity index (χ1n) is 5.13. The van der Waals surface area contributed by atoms with E-state index >= 15 is 0 Å². The van der Waals surface area contributed by atoms with Crippen molar-refractivity contribution < 1.29 is 0 Å². The number of thiophene rings is 1. The van der Waals surface area contributed by atoms with Gasteiger partial charge in [-0.15, -0.1) is 11.3 Å². The maximum Gasteiger partial charge on any atom is 0.191 e. The van der Waals surface area contributed by atoms with Crippen LogP contribution in [-0.2, 0) is 6.54 Å². The maximum atomic E-state index is 4.16. The van der Waals surface area contributed by atoms with Crippen molar-refractivity contribution in [2.45, 2.75) is 33.4 Å². The maximum absolute atomic E-state index is 4.16. The highest BCUT2D eigenvalue weighted by Gasteiger charge is 2.02. The van der Waals surface area contributed by atoms with Gasteiger partial charge in [0.25, 0.3) is 0 Å². The molecule has 0 aliphatic carbocycles. The van der Waals surface area contributed by atoms with Gasteiger partial charge in [0.2, 0.25) is 0 Å². The van der Waals surface area contributed by atoms with Gasteiger partial charge < -0.3 is 10.6 Å². The molecule has 1 aromatic heterocycles. The standard InChI is InChI=1S/C11H19N3S/c1-8(2)14-11(12-4)13-7-10-9(3)5-6-15-10/h5-6,8H,7H2,1-4H3,(H2,12,13,14). The van der Waals surface area contributed by atoms with Crippen molar-refractivity contribution in [3.63, 3.8) is 0 Å². The van der Waals surface area contributed by atoms with Crippen LogP contribution in [0.15, 0.2) is 16.4 Å². The summed E-state index contributed by atoms with van der Waals surface area (Å²) in [5.74, 6) is 0.859. The van der Waals surface area contributed by atoms with Crippen molar-refractivity contribution in [2.75, 3.05) is 7.05 Å². The molecule has 84 valence electrons.